The van der Waals surface area contributed by atoms with E-state index in [-0.39, 0.29) is 19.3 Å². The van der Waals surface area contributed by atoms with Gasteiger partial charge in [-0.3, -0.25) is 18.3 Å². The fourth-order valence-corrected chi connectivity index (χ4v) is 5.93. The van der Waals surface area contributed by atoms with Crippen molar-refractivity contribution in [3.8, 4) is 0 Å². The maximum atomic E-state index is 11.7. The van der Waals surface area contributed by atoms with Gasteiger partial charge in [-0.15, -0.1) is 0 Å². The van der Waals surface area contributed by atoms with Gasteiger partial charge in [0.2, 0.25) is 0 Å². The fourth-order valence-electron chi connectivity index (χ4n) is 1.96. The second-order valence-electron chi connectivity index (χ2n) is 5.39. The van der Waals surface area contributed by atoms with E-state index in [0.29, 0.717) is 6.08 Å². The largest absolute Gasteiger partial charge is 0.347 e. The Morgan fingerprint density at radius 1 is 0.680 bits per heavy atom. The van der Waals surface area contributed by atoms with Crippen LogP contribution in [0.25, 0.3) is 0 Å². The van der Waals surface area contributed by atoms with Crippen LogP contribution in [0.2, 0.25) is 0 Å². The number of hydrogen-bond acceptors (Lipinski definition) is 4. The minimum atomic E-state index is -5.43. The Balaban J connectivity index is 5.45. The average Bonchev–Trinajstić information content (AvgIpc) is 2.31. The molecule has 8 N–H and O–H groups in total. The molecule has 0 saturated heterocycles. The second-order valence-corrected chi connectivity index (χ2v) is 13.1. The standard InChI is InChI=1S/C9H22O12P4/c10-22(11,12)7-3-1-5-9(24(16,17)18,25(19,20)21)6-2-4-8-23(13,14)15/h1,5H,2-4,6-8H2,(H2,10,11,12)(H2,13,14,15)(H2,16,17,18)(H2,19,20,21). The topological polar surface area (TPSA) is 230 Å². The highest BCUT2D eigenvalue weighted by molar-refractivity contribution is 7.72. The molecule has 0 rings (SSSR count). The highest BCUT2D eigenvalue weighted by atomic mass is 31.2. The van der Waals surface area contributed by atoms with E-state index in [0.717, 1.165) is 6.08 Å². The lowest BCUT2D eigenvalue weighted by atomic mass is 10.2. The van der Waals surface area contributed by atoms with Gasteiger partial charge in [-0.05, 0) is 19.3 Å². The molecular weight excluding hydrogens is 424 g/mol. The summed E-state index contributed by atoms with van der Waals surface area (Å²) in [5.41, 5.74) is 0. The van der Waals surface area contributed by atoms with Crippen LogP contribution in [0, 0.1) is 0 Å². The molecule has 0 atom stereocenters. The number of rotatable bonds is 11. The van der Waals surface area contributed by atoms with Crippen LogP contribution in [0.1, 0.15) is 25.7 Å². The molecule has 0 aromatic rings. The molecule has 0 aromatic heterocycles. The van der Waals surface area contributed by atoms with Gasteiger partial charge in [-0.1, -0.05) is 18.6 Å². The zero-order valence-electron chi connectivity index (χ0n) is 12.9. The fraction of sp³-hybridized carbons (Fsp3) is 0.778. The summed E-state index contributed by atoms with van der Waals surface area (Å²) in [7, 11) is -19.6. The van der Waals surface area contributed by atoms with Crippen LogP contribution in [-0.2, 0) is 18.3 Å². The van der Waals surface area contributed by atoms with Crippen molar-refractivity contribution in [3.63, 3.8) is 0 Å². The Morgan fingerprint density at radius 2 is 1.12 bits per heavy atom. The average molecular weight is 446 g/mol. The summed E-state index contributed by atoms with van der Waals surface area (Å²) in [5.74, 6) is 0. The summed E-state index contributed by atoms with van der Waals surface area (Å²) in [5, 5.41) is 0. The molecule has 0 amide bonds. The normalized spacial score (nSPS) is 15.0. The first-order valence-corrected chi connectivity index (χ1v) is 13.6. The number of hydrogen-bond donors (Lipinski definition) is 8. The Kier molecular flexibility index (Phi) is 9.14. The van der Waals surface area contributed by atoms with Crippen molar-refractivity contribution in [2.24, 2.45) is 0 Å². The van der Waals surface area contributed by atoms with Gasteiger partial charge in [-0.2, -0.15) is 0 Å². The molecular formula is C9H22O12P4. The monoisotopic (exact) mass is 446 g/mol. The zero-order chi connectivity index (χ0) is 20.2. The molecule has 25 heavy (non-hydrogen) atoms. The smallest absolute Gasteiger partial charge is 0.324 e. The molecule has 0 spiro atoms. The van der Waals surface area contributed by atoms with Gasteiger partial charge in [0.25, 0.3) is 0 Å². The van der Waals surface area contributed by atoms with Crippen molar-refractivity contribution >= 4 is 30.4 Å². The van der Waals surface area contributed by atoms with Crippen molar-refractivity contribution in [1.29, 1.82) is 0 Å². The third kappa shape index (κ3) is 9.20. The Labute approximate surface area is 143 Å². The van der Waals surface area contributed by atoms with E-state index < -0.39 is 54.0 Å². The van der Waals surface area contributed by atoms with Gasteiger partial charge >= 0.3 is 30.4 Å². The molecule has 0 aliphatic carbocycles. The third-order valence-electron chi connectivity index (χ3n) is 3.22. The summed E-state index contributed by atoms with van der Waals surface area (Å²) < 4.78 is 44.9. The Morgan fingerprint density at radius 3 is 1.48 bits per heavy atom. The van der Waals surface area contributed by atoms with Crippen molar-refractivity contribution in [2.45, 2.75) is 30.6 Å². The lowest BCUT2D eigenvalue weighted by Crippen LogP contribution is -2.27. The van der Waals surface area contributed by atoms with Crippen molar-refractivity contribution in [3.05, 3.63) is 12.2 Å². The molecule has 0 heterocycles. The van der Waals surface area contributed by atoms with E-state index in [2.05, 4.69) is 0 Å². The van der Waals surface area contributed by atoms with Crippen molar-refractivity contribution in [2.75, 3.05) is 12.3 Å². The lowest BCUT2D eigenvalue weighted by molar-refractivity contribution is 0.315. The van der Waals surface area contributed by atoms with Gasteiger partial charge in [0.15, 0.2) is 4.90 Å². The van der Waals surface area contributed by atoms with Gasteiger partial charge < -0.3 is 39.1 Å². The van der Waals surface area contributed by atoms with Gasteiger partial charge in [0, 0.05) is 6.16 Å². The molecule has 0 unspecified atom stereocenters. The van der Waals surface area contributed by atoms with Crippen LogP contribution in [0.15, 0.2) is 12.2 Å². The SMILES string of the molecule is O=P(O)(O)CCC=CC(CCCCP(=O)(O)O)(P(=O)(O)O)P(=O)(O)O. The third-order valence-corrected chi connectivity index (χ3v) is 9.29. The van der Waals surface area contributed by atoms with Crippen LogP contribution in [-0.4, -0.2) is 56.4 Å². The predicted molar refractivity (Wildman–Crippen MR) is 88.2 cm³/mol. The maximum Gasteiger partial charge on any atom is 0.347 e. The van der Waals surface area contributed by atoms with Gasteiger partial charge in [0.1, 0.15) is 0 Å². The summed E-state index contributed by atoms with van der Waals surface area (Å²) >= 11 is 0. The molecule has 0 bridgehead atoms. The first-order valence-electron chi connectivity index (χ1n) is 6.79. The van der Waals surface area contributed by atoms with Crippen LogP contribution in [0.3, 0.4) is 0 Å². The molecule has 16 heteroatoms. The summed E-state index contributed by atoms with van der Waals surface area (Å²) in [6.45, 7) is 0. The van der Waals surface area contributed by atoms with Crippen molar-refractivity contribution < 1.29 is 57.4 Å². The molecule has 0 aliphatic rings. The van der Waals surface area contributed by atoms with Gasteiger partial charge in [-0.25, -0.2) is 0 Å². The molecule has 0 aromatic carbocycles. The van der Waals surface area contributed by atoms with E-state index in [1.807, 2.05) is 0 Å². The lowest BCUT2D eigenvalue weighted by Gasteiger charge is -2.32. The van der Waals surface area contributed by atoms with E-state index in [1.165, 1.54) is 0 Å². The van der Waals surface area contributed by atoms with E-state index >= 15 is 0 Å². The van der Waals surface area contributed by atoms with Crippen LogP contribution >= 0.6 is 30.4 Å². The maximum absolute atomic E-state index is 11.7. The Hall–Kier alpha value is 0.340. The van der Waals surface area contributed by atoms with Crippen molar-refractivity contribution in [1.82, 2.24) is 0 Å². The highest BCUT2D eigenvalue weighted by Crippen LogP contribution is 2.71. The minimum Gasteiger partial charge on any atom is -0.324 e. The quantitative estimate of drug-likeness (QED) is 0.123. The molecule has 0 aliphatic heterocycles. The Bertz CT molecular complexity index is 625. The summed E-state index contributed by atoms with van der Waals surface area (Å²) in [6, 6.07) is 0. The second kappa shape index (κ2) is 9.02. The van der Waals surface area contributed by atoms with Gasteiger partial charge in [0.05, 0.1) is 6.16 Å². The summed E-state index contributed by atoms with van der Waals surface area (Å²) in [4.78, 5) is 69.7. The van der Waals surface area contributed by atoms with Crippen LogP contribution in [0.5, 0.6) is 0 Å². The van der Waals surface area contributed by atoms with Crippen LogP contribution in [0.4, 0.5) is 0 Å². The number of allylic oxidation sites excluding steroid dienone is 2. The highest BCUT2D eigenvalue weighted by Gasteiger charge is 2.57. The summed E-state index contributed by atoms with van der Waals surface area (Å²) in [6.07, 6.45) is -1.58. The minimum absolute atomic E-state index is 0.234. The van der Waals surface area contributed by atoms with E-state index in [1.54, 1.807) is 0 Å². The van der Waals surface area contributed by atoms with E-state index in [4.69, 9.17) is 19.6 Å². The first-order chi connectivity index (χ1) is 10.9. The number of unbranched alkanes of at least 4 members (excludes halogenated alkanes) is 1. The molecule has 0 fully saturated rings. The first kappa shape index (κ1) is 25.3. The predicted octanol–water partition coefficient (Wildman–Crippen LogP) is 0.510. The molecule has 0 saturated carbocycles. The molecule has 12 nitrogen and oxygen atoms in total. The van der Waals surface area contributed by atoms with Crippen LogP contribution < -0.4 is 0 Å². The molecule has 0 radical (unpaired) electrons. The van der Waals surface area contributed by atoms with E-state index in [9.17, 15) is 37.8 Å². The molecule has 150 valence electrons. The zero-order valence-corrected chi connectivity index (χ0v) is 16.5.